The van der Waals surface area contributed by atoms with E-state index in [0.717, 1.165) is 24.8 Å². The number of sulfonamides is 1. The summed E-state index contributed by atoms with van der Waals surface area (Å²) in [5, 5.41) is 3.19. The molecule has 0 spiro atoms. The standard InChI is InChI=1S/C21H23ClN2O6S/c1-28-17-6-3-14(11-19(17)31(26,27)24-15-4-5-15)21(25)23-12-13-9-16(22)20-18(10-13)29-7-2-8-30-20/h3,6,9-11,15,24H,2,4-5,7-8,12H2,1H3,(H,23,25). The Hall–Kier alpha value is -2.49. The van der Waals surface area contributed by atoms with Gasteiger partial charge in [-0.2, -0.15) is 0 Å². The predicted molar refractivity (Wildman–Crippen MR) is 115 cm³/mol. The van der Waals surface area contributed by atoms with Gasteiger partial charge in [-0.25, -0.2) is 13.1 Å². The van der Waals surface area contributed by atoms with Gasteiger partial charge >= 0.3 is 0 Å². The van der Waals surface area contributed by atoms with E-state index in [9.17, 15) is 13.2 Å². The smallest absolute Gasteiger partial charge is 0.251 e. The number of carbonyl (C=O) groups excluding carboxylic acids is 1. The van der Waals surface area contributed by atoms with Crippen molar-refractivity contribution in [2.45, 2.75) is 36.7 Å². The lowest BCUT2D eigenvalue weighted by Gasteiger charge is -2.13. The molecule has 0 atom stereocenters. The number of methoxy groups -OCH3 is 1. The van der Waals surface area contributed by atoms with Gasteiger partial charge < -0.3 is 19.5 Å². The van der Waals surface area contributed by atoms with Crippen molar-refractivity contribution in [1.82, 2.24) is 10.0 Å². The third-order valence-corrected chi connectivity index (χ3v) is 6.75. The monoisotopic (exact) mass is 466 g/mol. The van der Waals surface area contributed by atoms with Crippen molar-refractivity contribution in [3.63, 3.8) is 0 Å². The van der Waals surface area contributed by atoms with E-state index in [4.69, 9.17) is 25.8 Å². The lowest BCUT2D eigenvalue weighted by atomic mass is 10.1. The Morgan fingerprint density at radius 2 is 1.97 bits per heavy atom. The normalized spacial score (nSPS) is 15.8. The summed E-state index contributed by atoms with van der Waals surface area (Å²) in [6.45, 7) is 1.24. The average molecular weight is 467 g/mol. The van der Waals surface area contributed by atoms with Crippen LogP contribution in [0.25, 0.3) is 0 Å². The molecule has 0 aromatic heterocycles. The number of hydrogen-bond acceptors (Lipinski definition) is 6. The number of amides is 1. The minimum absolute atomic E-state index is 0.0589. The first kappa shape index (κ1) is 21.7. The number of nitrogens with one attached hydrogen (secondary N) is 2. The van der Waals surface area contributed by atoms with Crippen LogP contribution in [0.15, 0.2) is 35.2 Å². The number of ether oxygens (including phenoxy) is 3. The number of hydrogen-bond donors (Lipinski definition) is 2. The molecule has 0 saturated heterocycles. The van der Waals surface area contributed by atoms with Crippen LogP contribution in [0.2, 0.25) is 5.02 Å². The molecule has 1 saturated carbocycles. The topological polar surface area (TPSA) is 103 Å². The average Bonchev–Trinajstić information content (AvgIpc) is 3.58. The number of halogens is 1. The largest absolute Gasteiger partial charge is 0.495 e. The fourth-order valence-electron chi connectivity index (χ4n) is 3.18. The van der Waals surface area contributed by atoms with E-state index in [2.05, 4.69) is 10.0 Å². The van der Waals surface area contributed by atoms with Crippen LogP contribution in [0.5, 0.6) is 17.2 Å². The molecule has 1 heterocycles. The number of fused-ring (bicyclic) bond motifs is 1. The zero-order chi connectivity index (χ0) is 22.0. The van der Waals surface area contributed by atoms with Crippen LogP contribution >= 0.6 is 11.6 Å². The Kier molecular flexibility index (Phi) is 6.27. The van der Waals surface area contributed by atoms with Gasteiger partial charge in [0.1, 0.15) is 10.6 Å². The molecule has 166 valence electrons. The van der Waals surface area contributed by atoms with E-state index in [1.165, 1.54) is 25.3 Å². The Morgan fingerprint density at radius 3 is 2.71 bits per heavy atom. The van der Waals surface area contributed by atoms with Gasteiger partial charge in [0, 0.05) is 24.6 Å². The molecule has 8 nitrogen and oxygen atoms in total. The van der Waals surface area contributed by atoms with Crippen LogP contribution in [-0.2, 0) is 16.6 Å². The lowest BCUT2D eigenvalue weighted by molar-refractivity contribution is 0.0950. The highest BCUT2D eigenvalue weighted by atomic mass is 35.5. The Morgan fingerprint density at radius 1 is 1.19 bits per heavy atom. The van der Waals surface area contributed by atoms with Crippen molar-refractivity contribution in [2.24, 2.45) is 0 Å². The van der Waals surface area contributed by atoms with Gasteiger partial charge in [0.2, 0.25) is 10.0 Å². The van der Waals surface area contributed by atoms with Crippen LogP contribution in [0.4, 0.5) is 0 Å². The van der Waals surface area contributed by atoms with Crippen LogP contribution in [0.3, 0.4) is 0 Å². The molecule has 2 aliphatic rings. The summed E-state index contributed by atoms with van der Waals surface area (Å²) in [7, 11) is -2.40. The second kappa shape index (κ2) is 8.94. The maximum absolute atomic E-state index is 12.7. The summed E-state index contributed by atoms with van der Waals surface area (Å²) in [6.07, 6.45) is 2.37. The summed E-state index contributed by atoms with van der Waals surface area (Å²) in [5.74, 6) is 0.800. The van der Waals surface area contributed by atoms with Gasteiger partial charge in [-0.05, 0) is 48.7 Å². The highest BCUT2D eigenvalue weighted by Crippen LogP contribution is 2.38. The van der Waals surface area contributed by atoms with E-state index in [1.54, 1.807) is 12.1 Å². The molecular formula is C21H23ClN2O6S. The van der Waals surface area contributed by atoms with E-state index >= 15 is 0 Å². The third kappa shape index (κ3) is 5.06. The van der Waals surface area contributed by atoms with Gasteiger partial charge in [0.25, 0.3) is 5.91 Å². The number of carbonyl (C=O) groups is 1. The van der Waals surface area contributed by atoms with E-state index in [0.29, 0.717) is 29.7 Å². The van der Waals surface area contributed by atoms with Crippen molar-refractivity contribution in [1.29, 1.82) is 0 Å². The first-order valence-corrected chi connectivity index (χ1v) is 11.8. The fraction of sp³-hybridized carbons (Fsp3) is 0.381. The molecule has 0 bridgehead atoms. The molecule has 0 unspecified atom stereocenters. The summed E-state index contributed by atoms with van der Waals surface area (Å²) in [6, 6.07) is 7.73. The molecule has 1 aliphatic heterocycles. The van der Waals surface area contributed by atoms with Crippen LogP contribution in [-0.4, -0.2) is 40.7 Å². The molecule has 10 heteroatoms. The minimum Gasteiger partial charge on any atom is -0.495 e. The SMILES string of the molecule is COc1ccc(C(=O)NCc2cc(Cl)c3c(c2)OCCCO3)cc1S(=O)(=O)NC1CC1. The third-order valence-electron chi connectivity index (χ3n) is 4.93. The predicted octanol–water partition coefficient (Wildman–Crippen LogP) is 2.88. The van der Waals surface area contributed by atoms with E-state index < -0.39 is 15.9 Å². The summed E-state index contributed by atoms with van der Waals surface area (Å²) >= 11 is 6.30. The highest BCUT2D eigenvalue weighted by molar-refractivity contribution is 7.89. The van der Waals surface area contributed by atoms with Crippen molar-refractivity contribution >= 4 is 27.5 Å². The Labute approximate surface area is 185 Å². The summed E-state index contributed by atoms with van der Waals surface area (Å²) < 4.78 is 44.4. The second-order valence-electron chi connectivity index (χ2n) is 7.40. The minimum atomic E-state index is -3.79. The molecule has 1 amide bonds. The second-order valence-corrected chi connectivity index (χ2v) is 9.49. The molecule has 0 radical (unpaired) electrons. The molecule has 4 rings (SSSR count). The summed E-state index contributed by atoms with van der Waals surface area (Å²) in [5.41, 5.74) is 0.941. The quantitative estimate of drug-likeness (QED) is 0.650. The first-order chi connectivity index (χ1) is 14.9. The van der Waals surface area contributed by atoms with E-state index in [1.807, 2.05) is 0 Å². The maximum Gasteiger partial charge on any atom is 0.251 e. The molecule has 2 N–H and O–H groups in total. The molecule has 1 aliphatic carbocycles. The number of rotatable bonds is 7. The van der Waals surface area contributed by atoms with Crippen LogP contribution in [0.1, 0.15) is 35.2 Å². The number of benzene rings is 2. The van der Waals surface area contributed by atoms with Crippen molar-refractivity contribution in [2.75, 3.05) is 20.3 Å². The van der Waals surface area contributed by atoms with Crippen LogP contribution in [0, 0.1) is 0 Å². The fourth-order valence-corrected chi connectivity index (χ4v) is 4.97. The molecule has 2 aromatic rings. The van der Waals surface area contributed by atoms with Crippen molar-refractivity contribution < 1.29 is 27.4 Å². The lowest BCUT2D eigenvalue weighted by Crippen LogP contribution is -2.27. The first-order valence-electron chi connectivity index (χ1n) is 9.94. The maximum atomic E-state index is 12.7. The van der Waals surface area contributed by atoms with Gasteiger partial charge in [-0.1, -0.05) is 11.6 Å². The Bertz CT molecular complexity index is 1100. The van der Waals surface area contributed by atoms with Gasteiger partial charge in [0.05, 0.1) is 25.3 Å². The molecule has 2 aromatic carbocycles. The van der Waals surface area contributed by atoms with Crippen molar-refractivity contribution in [3.05, 3.63) is 46.5 Å². The zero-order valence-corrected chi connectivity index (χ0v) is 18.5. The van der Waals surface area contributed by atoms with Gasteiger partial charge in [-0.15, -0.1) is 0 Å². The van der Waals surface area contributed by atoms with Gasteiger partial charge in [-0.3, -0.25) is 4.79 Å². The summed E-state index contributed by atoms with van der Waals surface area (Å²) in [4.78, 5) is 12.6. The highest BCUT2D eigenvalue weighted by Gasteiger charge is 2.30. The molecular weight excluding hydrogens is 444 g/mol. The van der Waals surface area contributed by atoms with Gasteiger partial charge in [0.15, 0.2) is 11.5 Å². The molecule has 1 fully saturated rings. The molecule has 31 heavy (non-hydrogen) atoms. The zero-order valence-electron chi connectivity index (χ0n) is 16.9. The van der Waals surface area contributed by atoms with E-state index in [-0.39, 0.29) is 28.8 Å². The van der Waals surface area contributed by atoms with Crippen molar-refractivity contribution in [3.8, 4) is 17.2 Å². The Balaban J connectivity index is 1.51. The van der Waals surface area contributed by atoms with Crippen LogP contribution < -0.4 is 24.2 Å².